The molecule has 0 aromatic heterocycles. The Bertz CT molecular complexity index is 1090. The third kappa shape index (κ3) is 5.15. The van der Waals surface area contributed by atoms with Crippen molar-refractivity contribution in [2.75, 3.05) is 32.4 Å². The van der Waals surface area contributed by atoms with Crippen LogP contribution in [0.25, 0.3) is 0 Å². The molecular formula is C23H23N3O5S. The molecule has 1 heterocycles. The predicted octanol–water partition coefficient (Wildman–Crippen LogP) is 3.42. The Morgan fingerprint density at radius 3 is 2.53 bits per heavy atom. The summed E-state index contributed by atoms with van der Waals surface area (Å²) in [4.78, 5) is 24.8. The number of hydrogen-bond donors (Lipinski definition) is 2. The van der Waals surface area contributed by atoms with Crippen molar-refractivity contribution in [3.05, 3.63) is 58.6 Å². The summed E-state index contributed by atoms with van der Waals surface area (Å²) in [7, 11) is 4.59. The molecule has 1 atom stereocenters. The normalized spacial score (nSPS) is 15.4. The van der Waals surface area contributed by atoms with Crippen molar-refractivity contribution in [2.45, 2.75) is 12.3 Å². The molecule has 3 rings (SSSR count). The van der Waals surface area contributed by atoms with Crippen molar-refractivity contribution in [3.63, 3.8) is 0 Å². The lowest BCUT2D eigenvalue weighted by molar-refractivity contribution is -0.121. The highest BCUT2D eigenvalue weighted by atomic mass is 32.2. The number of ether oxygens (including phenoxy) is 3. The van der Waals surface area contributed by atoms with Crippen LogP contribution in [0.2, 0.25) is 0 Å². The van der Waals surface area contributed by atoms with E-state index in [1.54, 1.807) is 42.5 Å². The molecule has 9 heteroatoms. The lowest BCUT2D eigenvalue weighted by atomic mass is 9.87. The molecule has 2 aromatic carbocycles. The standard InChI is InChI=1S/C23H23N3O5S/c1-29-18-7-5-4-6-17(18)25-22(28)13-32-23-16(12-24)15(11-21(27)26-23)14-8-9-19(30-2)20(10-14)31-3/h4-10,15H,11,13H2,1-3H3,(H,25,28)(H,26,27)/t15-/m0/s1. The number of benzene rings is 2. The number of nitrogens with one attached hydrogen (secondary N) is 2. The van der Waals surface area contributed by atoms with E-state index in [2.05, 4.69) is 16.7 Å². The average Bonchev–Trinajstić information content (AvgIpc) is 2.82. The smallest absolute Gasteiger partial charge is 0.234 e. The van der Waals surface area contributed by atoms with E-state index in [0.717, 1.165) is 17.3 Å². The van der Waals surface area contributed by atoms with Crippen LogP contribution in [-0.2, 0) is 9.59 Å². The van der Waals surface area contributed by atoms with Gasteiger partial charge in [0.1, 0.15) is 5.75 Å². The predicted molar refractivity (Wildman–Crippen MR) is 122 cm³/mol. The fourth-order valence-corrected chi connectivity index (χ4v) is 4.24. The summed E-state index contributed by atoms with van der Waals surface area (Å²) >= 11 is 1.11. The Kier molecular flexibility index (Phi) is 7.63. The summed E-state index contributed by atoms with van der Waals surface area (Å²) in [6.07, 6.45) is 0.121. The molecule has 0 radical (unpaired) electrons. The molecule has 0 saturated heterocycles. The number of para-hydroxylation sites is 2. The lowest BCUT2D eigenvalue weighted by Crippen LogP contribution is -2.31. The van der Waals surface area contributed by atoms with E-state index in [1.165, 1.54) is 21.3 Å². The molecule has 1 aliphatic heterocycles. The highest BCUT2D eigenvalue weighted by Gasteiger charge is 2.30. The van der Waals surface area contributed by atoms with Gasteiger partial charge in [-0.2, -0.15) is 5.26 Å². The quantitative estimate of drug-likeness (QED) is 0.630. The molecule has 0 spiro atoms. The van der Waals surface area contributed by atoms with Crippen molar-refractivity contribution >= 4 is 29.3 Å². The number of carbonyl (C=O) groups excluding carboxylic acids is 2. The van der Waals surface area contributed by atoms with Gasteiger partial charge in [0.25, 0.3) is 0 Å². The second-order valence-corrected chi connectivity index (χ2v) is 7.80. The largest absolute Gasteiger partial charge is 0.495 e. The summed E-state index contributed by atoms with van der Waals surface area (Å²) in [5.41, 5.74) is 1.70. The summed E-state index contributed by atoms with van der Waals surface area (Å²) < 4.78 is 15.9. The average molecular weight is 454 g/mol. The van der Waals surface area contributed by atoms with Crippen LogP contribution in [0, 0.1) is 11.3 Å². The lowest BCUT2D eigenvalue weighted by Gasteiger charge is -2.25. The monoisotopic (exact) mass is 453 g/mol. The van der Waals surface area contributed by atoms with E-state index in [4.69, 9.17) is 14.2 Å². The van der Waals surface area contributed by atoms with Gasteiger partial charge >= 0.3 is 0 Å². The van der Waals surface area contributed by atoms with E-state index in [-0.39, 0.29) is 24.0 Å². The highest BCUT2D eigenvalue weighted by Crippen LogP contribution is 2.39. The van der Waals surface area contributed by atoms with Crippen LogP contribution in [0.15, 0.2) is 53.1 Å². The molecule has 0 saturated carbocycles. The third-order valence-electron chi connectivity index (χ3n) is 4.89. The maximum absolute atomic E-state index is 12.5. The molecule has 1 aliphatic rings. The molecule has 2 amide bonds. The Morgan fingerprint density at radius 2 is 1.84 bits per heavy atom. The molecule has 2 aromatic rings. The number of nitrogens with zero attached hydrogens (tertiary/aromatic N) is 1. The minimum Gasteiger partial charge on any atom is -0.495 e. The van der Waals surface area contributed by atoms with Gasteiger partial charge < -0.3 is 24.8 Å². The van der Waals surface area contributed by atoms with Gasteiger partial charge in [0, 0.05) is 12.3 Å². The van der Waals surface area contributed by atoms with Crippen molar-refractivity contribution in [1.82, 2.24) is 5.32 Å². The zero-order valence-electron chi connectivity index (χ0n) is 17.9. The van der Waals surface area contributed by atoms with E-state index < -0.39 is 5.92 Å². The first-order chi connectivity index (χ1) is 15.5. The fraction of sp³-hybridized carbons (Fsp3) is 0.261. The summed E-state index contributed by atoms with van der Waals surface area (Å²) in [5, 5.41) is 15.7. The van der Waals surface area contributed by atoms with E-state index in [9.17, 15) is 14.9 Å². The van der Waals surface area contributed by atoms with Crippen molar-refractivity contribution in [3.8, 4) is 23.3 Å². The Balaban J connectivity index is 1.80. The molecular weight excluding hydrogens is 430 g/mol. The van der Waals surface area contributed by atoms with Crippen LogP contribution in [0.5, 0.6) is 17.2 Å². The zero-order valence-corrected chi connectivity index (χ0v) is 18.7. The first-order valence-corrected chi connectivity index (χ1v) is 10.7. The maximum Gasteiger partial charge on any atom is 0.234 e. The van der Waals surface area contributed by atoms with Gasteiger partial charge in [-0.15, -0.1) is 0 Å². The topological polar surface area (TPSA) is 110 Å². The number of allylic oxidation sites excluding steroid dienone is 1. The van der Waals surface area contributed by atoms with Crippen LogP contribution >= 0.6 is 11.8 Å². The van der Waals surface area contributed by atoms with Crippen molar-refractivity contribution in [2.24, 2.45) is 0 Å². The Labute approximate surface area is 190 Å². The minimum absolute atomic E-state index is 0.0114. The number of methoxy groups -OCH3 is 3. The van der Waals surface area contributed by atoms with Crippen molar-refractivity contribution < 1.29 is 23.8 Å². The van der Waals surface area contributed by atoms with E-state index >= 15 is 0 Å². The second-order valence-electron chi connectivity index (χ2n) is 6.81. The summed E-state index contributed by atoms with van der Waals surface area (Å²) in [6, 6.07) is 14.6. The van der Waals surface area contributed by atoms with Gasteiger partial charge in [-0.1, -0.05) is 30.0 Å². The van der Waals surface area contributed by atoms with Gasteiger partial charge in [-0.3, -0.25) is 9.59 Å². The van der Waals surface area contributed by atoms with E-state index in [0.29, 0.717) is 33.5 Å². The van der Waals surface area contributed by atoms with Crippen LogP contribution in [0.3, 0.4) is 0 Å². The molecule has 0 fully saturated rings. The van der Waals surface area contributed by atoms with Gasteiger partial charge in [-0.05, 0) is 29.8 Å². The Hall–Kier alpha value is -3.64. The molecule has 166 valence electrons. The summed E-state index contributed by atoms with van der Waals surface area (Å²) in [5.74, 6) is 0.663. The number of amides is 2. The zero-order chi connectivity index (χ0) is 23.1. The van der Waals surface area contributed by atoms with Crippen LogP contribution in [-0.4, -0.2) is 38.9 Å². The molecule has 0 unspecified atom stereocenters. The molecule has 32 heavy (non-hydrogen) atoms. The molecule has 0 aliphatic carbocycles. The number of anilines is 1. The molecule has 0 bridgehead atoms. The Morgan fingerprint density at radius 1 is 1.12 bits per heavy atom. The fourth-order valence-electron chi connectivity index (χ4n) is 3.36. The molecule has 2 N–H and O–H groups in total. The maximum atomic E-state index is 12.5. The van der Waals surface area contributed by atoms with Crippen LogP contribution in [0.1, 0.15) is 17.9 Å². The number of rotatable bonds is 8. The van der Waals surface area contributed by atoms with Gasteiger partial charge in [0.15, 0.2) is 11.5 Å². The number of carbonyl (C=O) groups is 2. The SMILES string of the molecule is COc1ccccc1NC(=O)CSC1=C(C#N)[C@H](c2ccc(OC)c(OC)c2)CC(=O)N1. The van der Waals surface area contributed by atoms with Crippen LogP contribution in [0.4, 0.5) is 5.69 Å². The van der Waals surface area contributed by atoms with Crippen molar-refractivity contribution in [1.29, 1.82) is 5.26 Å². The number of nitriles is 1. The van der Waals surface area contributed by atoms with Gasteiger partial charge in [0.05, 0.1) is 49.4 Å². The summed E-state index contributed by atoms with van der Waals surface area (Å²) in [6.45, 7) is 0. The third-order valence-corrected chi connectivity index (χ3v) is 5.91. The second kappa shape index (κ2) is 10.6. The molecule has 8 nitrogen and oxygen atoms in total. The first kappa shape index (κ1) is 23.0. The number of hydrogen-bond acceptors (Lipinski definition) is 7. The highest BCUT2D eigenvalue weighted by molar-refractivity contribution is 8.03. The minimum atomic E-state index is -0.451. The van der Waals surface area contributed by atoms with Gasteiger partial charge in [-0.25, -0.2) is 0 Å². The van der Waals surface area contributed by atoms with Gasteiger partial charge in [0.2, 0.25) is 11.8 Å². The number of thioether (sulfide) groups is 1. The van der Waals surface area contributed by atoms with E-state index in [1.807, 2.05) is 0 Å². The van der Waals surface area contributed by atoms with Crippen LogP contribution < -0.4 is 24.8 Å². The first-order valence-electron chi connectivity index (χ1n) is 9.72.